The lowest BCUT2D eigenvalue weighted by molar-refractivity contribution is -0.140. The van der Waals surface area contributed by atoms with Crippen molar-refractivity contribution < 1.29 is 23.8 Å². The number of anilines is 1. The van der Waals surface area contributed by atoms with E-state index in [0.717, 1.165) is 16.7 Å². The van der Waals surface area contributed by atoms with Gasteiger partial charge in [0.1, 0.15) is 5.76 Å². The van der Waals surface area contributed by atoms with Crippen LogP contribution in [-0.2, 0) is 16.0 Å². The second-order valence-electron chi connectivity index (χ2n) is 7.63. The molecule has 8 nitrogen and oxygen atoms in total. The molecule has 0 saturated carbocycles. The van der Waals surface area contributed by atoms with Crippen LogP contribution in [0.1, 0.15) is 12.2 Å². The van der Waals surface area contributed by atoms with Crippen molar-refractivity contribution in [1.29, 1.82) is 0 Å². The van der Waals surface area contributed by atoms with Gasteiger partial charge in [-0.3, -0.25) is 14.5 Å². The number of nitrogens with zero attached hydrogens (tertiary/aromatic N) is 3. The molecule has 1 aromatic carbocycles. The number of hydrogen-bond donors (Lipinski definition) is 1. The van der Waals surface area contributed by atoms with Gasteiger partial charge in [0.2, 0.25) is 11.8 Å². The zero-order valence-electron chi connectivity index (χ0n) is 18.7. The SMILES string of the molecule is COc1ccc(-c2ccccc2-c2csc(N(C)C(=O)[C@@H](CC(=O)O)Cc3ccco3)n2)cn1. The summed E-state index contributed by atoms with van der Waals surface area (Å²) in [6.45, 7) is 0. The third kappa shape index (κ3) is 5.15. The molecule has 9 heteroatoms. The Morgan fingerprint density at radius 3 is 2.59 bits per heavy atom. The first-order valence-electron chi connectivity index (χ1n) is 10.5. The highest BCUT2D eigenvalue weighted by Crippen LogP contribution is 2.35. The number of hydrogen-bond acceptors (Lipinski definition) is 7. The van der Waals surface area contributed by atoms with Gasteiger partial charge in [0, 0.05) is 42.2 Å². The summed E-state index contributed by atoms with van der Waals surface area (Å²) in [5.41, 5.74) is 3.47. The molecule has 34 heavy (non-hydrogen) atoms. The highest BCUT2D eigenvalue weighted by Gasteiger charge is 2.28. The van der Waals surface area contributed by atoms with Gasteiger partial charge in [0.05, 0.1) is 31.4 Å². The molecular formula is C25H23N3O5S. The number of pyridine rings is 1. The summed E-state index contributed by atoms with van der Waals surface area (Å²) in [5.74, 6) is -1.04. The number of carbonyl (C=O) groups is 2. The van der Waals surface area contributed by atoms with Crippen LogP contribution in [0.2, 0.25) is 0 Å². The van der Waals surface area contributed by atoms with Crippen LogP contribution >= 0.6 is 11.3 Å². The topological polar surface area (TPSA) is 106 Å². The van der Waals surface area contributed by atoms with Gasteiger partial charge in [-0.15, -0.1) is 11.3 Å². The van der Waals surface area contributed by atoms with Gasteiger partial charge >= 0.3 is 5.97 Å². The molecule has 174 valence electrons. The van der Waals surface area contributed by atoms with E-state index in [1.807, 2.05) is 35.7 Å². The molecule has 1 N–H and O–H groups in total. The molecule has 1 amide bonds. The predicted molar refractivity (Wildman–Crippen MR) is 129 cm³/mol. The molecule has 3 aromatic heterocycles. The van der Waals surface area contributed by atoms with Crippen molar-refractivity contribution in [1.82, 2.24) is 9.97 Å². The monoisotopic (exact) mass is 477 g/mol. The number of aliphatic carboxylic acids is 1. The number of ether oxygens (including phenoxy) is 1. The van der Waals surface area contributed by atoms with E-state index in [4.69, 9.17) is 9.15 Å². The Kier molecular flexibility index (Phi) is 7.03. The van der Waals surface area contributed by atoms with Crippen molar-refractivity contribution in [3.05, 3.63) is 72.1 Å². The number of benzene rings is 1. The first kappa shape index (κ1) is 23.2. The standard InChI is InChI=1S/C25H23N3O5S/c1-28(24(31)17(13-23(29)30)12-18-6-5-11-33-18)25-27-21(15-34-25)20-8-4-3-7-19(20)16-9-10-22(32-2)26-14-16/h3-11,14-15,17H,12-13H2,1-2H3,(H,29,30)/t17-/m1/s1. The van der Waals surface area contributed by atoms with Crippen LogP contribution in [0.15, 0.2) is 70.8 Å². The first-order valence-corrected chi connectivity index (χ1v) is 11.4. The number of amides is 1. The van der Waals surface area contributed by atoms with Crippen molar-refractivity contribution in [2.24, 2.45) is 5.92 Å². The molecule has 0 aliphatic heterocycles. The van der Waals surface area contributed by atoms with Crippen LogP contribution in [0, 0.1) is 5.92 Å². The van der Waals surface area contributed by atoms with E-state index in [0.29, 0.717) is 22.5 Å². The molecule has 0 spiro atoms. The molecular weight excluding hydrogens is 454 g/mol. The Balaban J connectivity index is 1.59. The second-order valence-corrected chi connectivity index (χ2v) is 8.46. The van der Waals surface area contributed by atoms with Crippen molar-refractivity contribution >= 4 is 28.3 Å². The lowest BCUT2D eigenvalue weighted by atomic mass is 9.98. The number of methoxy groups -OCH3 is 1. The second kappa shape index (κ2) is 10.3. The predicted octanol–water partition coefficient (Wildman–Crippen LogP) is 4.77. The Bertz CT molecular complexity index is 1270. The van der Waals surface area contributed by atoms with E-state index < -0.39 is 11.9 Å². The zero-order valence-corrected chi connectivity index (χ0v) is 19.5. The lowest BCUT2D eigenvalue weighted by Crippen LogP contribution is -2.35. The number of rotatable bonds is 9. The third-order valence-electron chi connectivity index (χ3n) is 5.37. The van der Waals surface area contributed by atoms with Gasteiger partial charge in [-0.25, -0.2) is 9.97 Å². The molecule has 0 radical (unpaired) electrons. The average Bonchev–Trinajstić information content (AvgIpc) is 3.55. The van der Waals surface area contributed by atoms with Crippen LogP contribution < -0.4 is 9.64 Å². The highest BCUT2D eigenvalue weighted by atomic mass is 32.1. The third-order valence-corrected chi connectivity index (χ3v) is 6.28. The summed E-state index contributed by atoms with van der Waals surface area (Å²) in [6.07, 6.45) is 3.15. The summed E-state index contributed by atoms with van der Waals surface area (Å²) < 4.78 is 10.5. The van der Waals surface area contributed by atoms with Gasteiger partial charge in [-0.2, -0.15) is 0 Å². The van der Waals surface area contributed by atoms with Crippen molar-refractivity contribution in [2.75, 3.05) is 19.1 Å². The maximum absolute atomic E-state index is 13.2. The molecule has 4 rings (SSSR count). The lowest BCUT2D eigenvalue weighted by Gasteiger charge is -2.20. The van der Waals surface area contributed by atoms with Gasteiger partial charge in [0.25, 0.3) is 0 Å². The van der Waals surface area contributed by atoms with Crippen molar-refractivity contribution in [2.45, 2.75) is 12.8 Å². The van der Waals surface area contributed by atoms with Crippen LogP contribution in [0.3, 0.4) is 0 Å². The zero-order chi connectivity index (χ0) is 24.1. The summed E-state index contributed by atoms with van der Waals surface area (Å²) in [5, 5.41) is 11.7. The van der Waals surface area contributed by atoms with Crippen molar-refractivity contribution in [3.63, 3.8) is 0 Å². The highest BCUT2D eigenvalue weighted by molar-refractivity contribution is 7.14. The maximum Gasteiger partial charge on any atom is 0.304 e. The molecule has 0 aliphatic rings. The Labute approximate surface area is 200 Å². The van der Waals surface area contributed by atoms with E-state index in [9.17, 15) is 14.7 Å². The smallest absolute Gasteiger partial charge is 0.304 e. The summed E-state index contributed by atoms with van der Waals surface area (Å²) in [4.78, 5) is 34.9. The number of carbonyl (C=O) groups excluding carboxylic acids is 1. The number of carboxylic acid groups (broad SMARTS) is 1. The number of carboxylic acids is 1. The fourth-order valence-corrected chi connectivity index (χ4v) is 4.45. The van der Waals surface area contributed by atoms with Gasteiger partial charge in [0.15, 0.2) is 5.13 Å². The van der Waals surface area contributed by atoms with Crippen LogP contribution in [0.4, 0.5) is 5.13 Å². The van der Waals surface area contributed by atoms with Gasteiger partial charge < -0.3 is 14.3 Å². The summed E-state index contributed by atoms with van der Waals surface area (Å²) in [6, 6.07) is 15.0. The first-order chi connectivity index (χ1) is 16.5. The number of furan rings is 1. The number of aromatic nitrogens is 2. The molecule has 1 atom stereocenters. The normalized spacial score (nSPS) is 11.7. The Hall–Kier alpha value is -3.98. The van der Waals surface area contributed by atoms with Crippen LogP contribution in [0.5, 0.6) is 5.88 Å². The number of thiazole rings is 1. The van der Waals surface area contributed by atoms with Crippen LogP contribution in [0.25, 0.3) is 22.4 Å². The minimum atomic E-state index is -1.04. The molecule has 0 fully saturated rings. The molecule has 0 bridgehead atoms. The van der Waals surface area contributed by atoms with E-state index >= 15 is 0 Å². The van der Waals surface area contributed by atoms with E-state index in [1.165, 1.54) is 22.5 Å². The largest absolute Gasteiger partial charge is 0.481 e. The fourth-order valence-electron chi connectivity index (χ4n) is 3.66. The van der Waals surface area contributed by atoms with E-state index in [2.05, 4.69) is 9.97 Å². The molecule has 0 saturated heterocycles. The molecule has 4 aromatic rings. The van der Waals surface area contributed by atoms with E-state index in [1.54, 1.807) is 38.6 Å². The van der Waals surface area contributed by atoms with E-state index in [-0.39, 0.29) is 18.7 Å². The molecule has 0 unspecified atom stereocenters. The summed E-state index contributed by atoms with van der Waals surface area (Å²) in [7, 11) is 3.18. The van der Waals surface area contributed by atoms with Gasteiger partial charge in [-0.05, 0) is 23.8 Å². The Morgan fingerprint density at radius 2 is 1.94 bits per heavy atom. The maximum atomic E-state index is 13.2. The van der Waals surface area contributed by atoms with Crippen LogP contribution in [-0.4, -0.2) is 41.1 Å². The molecule has 3 heterocycles. The quantitative estimate of drug-likeness (QED) is 0.370. The minimum absolute atomic E-state index is 0.202. The summed E-state index contributed by atoms with van der Waals surface area (Å²) >= 11 is 1.32. The average molecular weight is 478 g/mol. The van der Waals surface area contributed by atoms with Crippen molar-refractivity contribution in [3.8, 4) is 28.3 Å². The Morgan fingerprint density at radius 1 is 1.15 bits per heavy atom. The molecule has 0 aliphatic carbocycles. The fraction of sp³-hybridized carbons (Fsp3) is 0.200. The minimum Gasteiger partial charge on any atom is -0.481 e. The van der Waals surface area contributed by atoms with Gasteiger partial charge in [-0.1, -0.05) is 24.3 Å².